The molecule has 0 aliphatic heterocycles. The second-order valence-electron chi connectivity index (χ2n) is 17.1. The van der Waals surface area contributed by atoms with Crippen LogP contribution in [-0.4, -0.2) is 55.1 Å². The zero-order chi connectivity index (χ0) is 54.6. The third kappa shape index (κ3) is 10.7. The van der Waals surface area contributed by atoms with Crippen LogP contribution >= 0.6 is 0 Å². The van der Waals surface area contributed by atoms with Gasteiger partial charge in [-0.15, -0.1) is 0 Å². The number of nitrogens with zero attached hydrogens (tertiary/aromatic N) is 10. The average Bonchev–Trinajstić information content (AvgIpc) is 4.22. The molecule has 2 amide bonds. The van der Waals surface area contributed by atoms with Gasteiger partial charge in [0.05, 0.1) is 36.0 Å². The van der Waals surface area contributed by atoms with Crippen molar-refractivity contribution in [2.45, 2.75) is 32.4 Å². The third-order valence-electron chi connectivity index (χ3n) is 11.7. The third-order valence-corrected chi connectivity index (χ3v) is 11.7. The molecular formula is C53H31F10N12O2+. The molecule has 6 heterocycles. The topological polar surface area (TPSA) is 145 Å². The molecule has 0 aliphatic carbocycles. The van der Waals surface area contributed by atoms with Crippen molar-refractivity contribution in [1.29, 1.82) is 0 Å². The van der Waals surface area contributed by atoms with E-state index in [0.717, 1.165) is 43.7 Å². The van der Waals surface area contributed by atoms with Gasteiger partial charge in [0.15, 0.2) is 28.9 Å². The number of nitrogens with one attached hydrogen (secondary N) is 2. The highest BCUT2D eigenvalue weighted by molar-refractivity contribution is 6.05. The van der Waals surface area contributed by atoms with Crippen molar-refractivity contribution in [3.8, 4) is 40.7 Å². The number of aryl methyl sites for hydroxylation is 2. The van der Waals surface area contributed by atoms with Crippen LogP contribution in [-0.2, 0) is 18.5 Å². The summed E-state index contributed by atoms with van der Waals surface area (Å²) in [7, 11) is 0. The van der Waals surface area contributed by atoms with Gasteiger partial charge < -0.3 is 15.2 Å². The molecule has 0 unspecified atom stereocenters. The Kier molecular flexibility index (Phi) is 12.6. The fourth-order valence-corrected chi connectivity index (χ4v) is 7.79. The van der Waals surface area contributed by atoms with Gasteiger partial charge in [0.1, 0.15) is 17.1 Å². The summed E-state index contributed by atoms with van der Waals surface area (Å²) >= 11 is 0. The molecule has 24 heteroatoms. The molecule has 0 atom stereocenters. The van der Waals surface area contributed by atoms with Crippen molar-refractivity contribution in [2.75, 3.05) is 10.6 Å². The van der Waals surface area contributed by atoms with Crippen LogP contribution in [0.4, 0.5) is 55.3 Å². The lowest BCUT2D eigenvalue weighted by atomic mass is 10.0. The number of imidazole rings is 4. The minimum Gasteiger partial charge on any atom is -0.322 e. The van der Waals surface area contributed by atoms with Crippen LogP contribution < -0.4 is 15.2 Å². The fraction of sp³-hybridized carbons (Fsp3) is 0.0943. The van der Waals surface area contributed by atoms with Crippen LogP contribution in [0.5, 0.6) is 0 Å². The molecule has 10 aromatic rings. The molecule has 77 heavy (non-hydrogen) atoms. The monoisotopic (exact) mass is 1060 g/mol. The van der Waals surface area contributed by atoms with E-state index < -0.39 is 53.1 Å². The van der Waals surface area contributed by atoms with Gasteiger partial charge in [0.25, 0.3) is 18.1 Å². The summed E-state index contributed by atoms with van der Waals surface area (Å²) in [6, 6.07) is 18.9. The maximum Gasteiger partial charge on any atom is 0.434 e. The Morgan fingerprint density at radius 1 is 0.597 bits per heavy atom. The minimum atomic E-state index is -4.93. The van der Waals surface area contributed by atoms with Gasteiger partial charge in [0.2, 0.25) is 0 Å². The van der Waals surface area contributed by atoms with E-state index in [4.69, 9.17) is 0 Å². The lowest BCUT2D eigenvalue weighted by Crippen LogP contribution is -2.28. The predicted molar refractivity (Wildman–Crippen MR) is 256 cm³/mol. The Morgan fingerprint density at radius 2 is 1.18 bits per heavy atom. The van der Waals surface area contributed by atoms with Gasteiger partial charge in [0, 0.05) is 63.8 Å². The second kappa shape index (κ2) is 19.3. The lowest BCUT2D eigenvalue weighted by molar-refractivity contribution is -0.595. The molecule has 0 saturated carbocycles. The summed E-state index contributed by atoms with van der Waals surface area (Å²) in [5.74, 6) is 9.28. The maximum atomic E-state index is 15.7. The first-order valence-electron chi connectivity index (χ1n) is 22.4. The summed E-state index contributed by atoms with van der Waals surface area (Å²) in [5.41, 5.74) is -1.09. The number of benzene rings is 4. The van der Waals surface area contributed by atoms with Crippen molar-refractivity contribution in [3.05, 3.63) is 208 Å². The molecule has 2 N–H and O–H groups in total. The normalized spacial score (nSPS) is 11.8. The van der Waals surface area contributed by atoms with Crippen LogP contribution in [0, 0.1) is 43.5 Å². The molecule has 0 aliphatic rings. The van der Waals surface area contributed by atoms with E-state index in [1.165, 1.54) is 65.7 Å². The minimum absolute atomic E-state index is 0.0310. The number of carbonyl (C=O) groups excluding carboxylic acids is 2. The van der Waals surface area contributed by atoms with Gasteiger partial charge in [-0.1, -0.05) is 24.0 Å². The van der Waals surface area contributed by atoms with Gasteiger partial charge in [-0.05, 0) is 104 Å². The molecule has 14 nitrogen and oxygen atoms in total. The highest BCUT2D eigenvalue weighted by atomic mass is 19.4. The highest BCUT2D eigenvalue weighted by Gasteiger charge is 2.35. The summed E-state index contributed by atoms with van der Waals surface area (Å²) < 4.78 is 146. The zero-order valence-corrected chi connectivity index (χ0v) is 39.3. The number of fused-ring (bicyclic) bond motifs is 2. The number of amides is 2. The zero-order valence-electron chi connectivity index (χ0n) is 39.3. The Balaban J connectivity index is 0.870. The quantitative estimate of drug-likeness (QED) is 0.0919. The molecular weight excluding hydrogens is 1030 g/mol. The van der Waals surface area contributed by atoms with E-state index in [-0.39, 0.29) is 50.9 Å². The molecule has 0 spiro atoms. The molecule has 0 radical (unpaired) electrons. The van der Waals surface area contributed by atoms with Crippen LogP contribution in [0.2, 0.25) is 0 Å². The molecule has 10 rings (SSSR count). The Hall–Kier alpha value is -10.1. The number of hydrogen-bond donors (Lipinski definition) is 2. The summed E-state index contributed by atoms with van der Waals surface area (Å²) in [6.45, 7) is 3.46. The molecule has 4 aromatic carbocycles. The average molecular weight is 1060 g/mol. The first kappa shape index (κ1) is 50.4. The fourth-order valence-electron chi connectivity index (χ4n) is 7.79. The highest BCUT2D eigenvalue weighted by Crippen LogP contribution is 2.35. The number of anilines is 2. The summed E-state index contributed by atoms with van der Waals surface area (Å²) in [4.78, 5) is 38.7. The first-order chi connectivity index (χ1) is 36.5. The van der Waals surface area contributed by atoms with Crippen LogP contribution in [0.3, 0.4) is 0 Å². The van der Waals surface area contributed by atoms with E-state index >= 15 is 4.39 Å². The Bertz CT molecular complexity index is 4140. The maximum absolute atomic E-state index is 15.7. The van der Waals surface area contributed by atoms with Crippen LogP contribution in [0.1, 0.15) is 71.2 Å². The van der Waals surface area contributed by atoms with Gasteiger partial charge >= 0.3 is 24.5 Å². The molecule has 6 aromatic heterocycles. The number of carbonyl (C=O) groups is 2. The lowest BCUT2D eigenvalue weighted by Gasteiger charge is -2.14. The van der Waals surface area contributed by atoms with Gasteiger partial charge in [-0.2, -0.15) is 63.2 Å². The summed E-state index contributed by atoms with van der Waals surface area (Å²) in [5, 5.41) is 13.5. The molecule has 0 saturated heterocycles. The predicted octanol–water partition coefficient (Wildman–Crippen LogP) is 10.1. The largest absolute Gasteiger partial charge is 0.434 e. The second-order valence-corrected chi connectivity index (χ2v) is 17.1. The summed E-state index contributed by atoms with van der Waals surface area (Å²) in [6.07, 6.45) is -5.62. The molecule has 0 fully saturated rings. The number of hydrogen-bond acceptors (Lipinski definition) is 7. The van der Waals surface area contributed by atoms with E-state index in [1.807, 2.05) is 0 Å². The number of rotatable bonds is 7. The van der Waals surface area contributed by atoms with Crippen molar-refractivity contribution >= 4 is 34.5 Å². The molecule has 0 bridgehead atoms. The van der Waals surface area contributed by atoms with Crippen molar-refractivity contribution < 1.29 is 58.1 Å². The molecule has 384 valence electrons. The first-order valence-corrected chi connectivity index (χ1v) is 22.4. The van der Waals surface area contributed by atoms with Crippen molar-refractivity contribution in [2.24, 2.45) is 0 Å². The van der Waals surface area contributed by atoms with Crippen LogP contribution in [0.15, 0.2) is 141 Å². The van der Waals surface area contributed by atoms with Gasteiger partial charge in [-0.25, -0.2) is 24.0 Å². The smallest absolute Gasteiger partial charge is 0.322 e. The Morgan fingerprint density at radius 3 is 1.78 bits per heavy atom. The van der Waals surface area contributed by atoms with E-state index in [0.29, 0.717) is 52.7 Å². The standard InChI is InChI=1S/C53H30F10N12O2/c1-30-5-8-35(14-32(30)9-11-40-23-64-47-4-3-13-67-74(40)47)50(77)70-39-17-37(52(58,59)60)19-43(21-39)72-27-46(54)73(29-72)44-22-48-65-24-41(75(48)68-25-44)12-10-33-15-34(7-6-31(33)2)49(76)69-38-16-36(51(55,56)57)18-42(20-38)71-26-45(66-28-71)53(61,62)63/h3-8,13-29H,1-2H3,(H-,69,70,76,77)/p+1. The SMILES string of the molecule is Cc1ccc(C(=O)Nc2cc(-n3cnc(C(F)(F)F)c3)cc(C(F)(F)F)c2)cc1C#Cc1cnc2cc(-n3c[n+](-c4cc(NC(=O)c5ccc(C)c(C#Cc6cnc7cccnn67)c5)cc(C(F)(F)F)c4)cc3F)cnn12. The number of halogens is 10. The van der Waals surface area contributed by atoms with Gasteiger partial charge in [-0.3, -0.25) is 9.59 Å². The van der Waals surface area contributed by atoms with Crippen molar-refractivity contribution in [3.63, 3.8) is 0 Å². The van der Waals surface area contributed by atoms with Crippen molar-refractivity contribution in [1.82, 2.24) is 43.3 Å². The number of aromatic nitrogens is 10. The van der Waals surface area contributed by atoms with E-state index in [9.17, 15) is 49.1 Å². The van der Waals surface area contributed by atoms with E-state index in [1.54, 1.807) is 49.0 Å². The van der Waals surface area contributed by atoms with E-state index in [2.05, 4.69) is 59.5 Å². The number of alkyl halides is 9. The Labute approximate surface area is 426 Å². The van der Waals surface area contributed by atoms with Crippen LogP contribution in [0.25, 0.3) is 28.4 Å².